The Hall–Kier alpha value is -3.08. The van der Waals surface area contributed by atoms with Gasteiger partial charge in [0.1, 0.15) is 0 Å². The van der Waals surface area contributed by atoms with Crippen LogP contribution >= 0.6 is 0 Å². The molecule has 3 aromatic carbocycles. The highest BCUT2D eigenvalue weighted by atomic mass is 16.7. The zero-order valence-corrected chi connectivity index (χ0v) is 20.3. The number of nitrogens with zero attached hydrogens (tertiary/aromatic N) is 1. The molecule has 1 saturated heterocycles. The van der Waals surface area contributed by atoms with E-state index in [2.05, 4.69) is 117 Å². The lowest BCUT2D eigenvalue weighted by Crippen LogP contribution is -2.41. The molecule has 4 aromatic rings. The van der Waals surface area contributed by atoms with Gasteiger partial charge in [0.15, 0.2) is 0 Å². The van der Waals surface area contributed by atoms with Crippen LogP contribution in [0.15, 0.2) is 84.3 Å². The van der Waals surface area contributed by atoms with Gasteiger partial charge in [-0.3, -0.25) is 0 Å². The Morgan fingerprint density at radius 1 is 0.706 bits per heavy atom. The maximum Gasteiger partial charge on any atom is 0.490 e. The molecule has 0 N–H and O–H groups in total. The summed E-state index contributed by atoms with van der Waals surface area (Å²) in [5.74, 6) is 0. The first kappa shape index (κ1) is 21.5. The van der Waals surface area contributed by atoms with E-state index in [1.54, 1.807) is 0 Å². The highest BCUT2D eigenvalue weighted by Crippen LogP contribution is 2.42. The van der Waals surface area contributed by atoms with Gasteiger partial charge in [0.05, 0.1) is 16.7 Å². The van der Waals surface area contributed by atoms with Gasteiger partial charge in [0.2, 0.25) is 0 Å². The van der Waals surface area contributed by atoms with Crippen molar-refractivity contribution >= 4 is 24.1 Å². The number of rotatable bonds is 3. The first-order chi connectivity index (χ1) is 16.3. The molecule has 1 fully saturated rings. The lowest BCUT2D eigenvalue weighted by atomic mass is 9.72. The lowest BCUT2D eigenvalue weighted by Gasteiger charge is -2.32. The van der Waals surface area contributed by atoms with Gasteiger partial charge in [-0.2, -0.15) is 0 Å². The van der Waals surface area contributed by atoms with E-state index in [9.17, 15) is 0 Å². The number of para-hydroxylation sites is 1. The molecule has 0 atom stereocenters. The van der Waals surface area contributed by atoms with Gasteiger partial charge in [-0.1, -0.05) is 66.7 Å². The fraction of sp³-hybridized carbons (Fsp3) is 0.267. The predicted octanol–water partition coefficient (Wildman–Crippen LogP) is 7.26. The number of hydrogen-bond donors (Lipinski definition) is 0. The molecule has 34 heavy (non-hydrogen) atoms. The highest BCUT2D eigenvalue weighted by molar-refractivity contribution is 6.55. The standard InChI is InChI=1S/C30H30BNO2/c1-29(2)30(3,4)34-31(33-29)23-16-19-28-26(20-23)25-12-8-9-13-27(25)32(28)24-17-14-22(15-18-24)21-10-6-5-7-11-21/h5-15,17-18,20H,16,19H2,1-4H3. The van der Waals surface area contributed by atoms with Gasteiger partial charge in [-0.15, -0.1) is 0 Å². The topological polar surface area (TPSA) is 23.4 Å². The third-order valence-electron chi connectivity index (χ3n) is 7.78. The summed E-state index contributed by atoms with van der Waals surface area (Å²) in [6, 6.07) is 28.2. The quantitative estimate of drug-likeness (QED) is 0.309. The maximum atomic E-state index is 6.38. The number of allylic oxidation sites excluding steroid dienone is 1. The molecule has 1 aromatic heterocycles. The van der Waals surface area contributed by atoms with E-state index >= 15 is 0 Å². The fourth-order valence-corrected chi connectivity index (χ4v) is 5.15. The van der Waals surface area contributed by atoms with E-state index in [0.717, 1.165) is 12.8 Å². The van der Waals surface area contributed by atoms with E-state index in [0.29, 0.717) is 0 Å². The number of benzene rings is 3. The zero-order chi connectivity index (χ0) is 23.5. The summed E-state index contributed by atoms with van der Waals surface area (Å²) >= 11 is 0. The normalized spacial score (nSPS) is 18.7. The summed E-state index contributed by atoms with van der Waals surface area (Å²) in [6.45, 7) is 8.47. The van der Waals surface area contributed by atoms with Crippen molar-refractivity contribution in [1.29, 1.82) is 0 Å². The van der Waals surface area contributed by atoms with Crippen LogP contribution in [0.5, 0.6) is 0 Å². The minimum Gasteiger partial charge on any atom is -0.400 e. The Labute approximate surface area is 202 Å². The first-order valence-corrected chi connectivity index (χ1v) is 12.2. The van der Waals surface area contributed by atoms with Crippen LogP contribution in [-0.2, 0) is 15.7 Å². The first-order valence-electron chi connectivity index (χ1n) is 12.2. The minimum atomic E-state index is -0.326. The number of hydrogen-bond acceptors (Lipinski definition) is 2. The third-order valence-corrected chi connectivity index (χ3v) is 7.78. The van der Waals surface area contributed by atoms with E-state index in [1.165, 1.54) is 44.4 Å². The largest absolute Gasteiger partial charge is 0.490 e. The Morgan fingerprint density at radius 2 is 1.32 bits per heavy atom. The van der Waals surface area contributed by atoms with Crippen LogP contribution in [0.2, 0.25) is 0 Å². The van der Waals surface area contributed by atoms with Crippen molar-refractivity contribution in [3.8, 4) is 16.8 Å². The van der Waals surface area contributed by atoms with Crippen molar-refractivity contribution in [2.24, 2.45) is 0 Å². The van der Waals surface area contributed by atoms with Crippen molar-refractivity contribution in [1.82, 2.24) is 4.57 Å². The zero-order valence-electron chi connectivity index (χ0n) is 20.3. The van der Waals surface area contributed by atoms with Crippen LogP contribution in [-0.4, -0.2) is 22.9 Å². The predicted molar refractivity (Wildman–Crippen MR) is 141 cm³/mol. The second kappa shape index (κ2) is 7.73. The highest BCUT2D eigenvalue weighted by Gasteiger charge is 2.52. The van der Waals surface area contributed by atoms with Crippen molar-refractivity contribution in [2.45, 2.75) is 51.7 Å². The van der Waals surface area contributed by atoms with E-state index in [1.807, 2.05) is 0 Å². The van der Waals surface area contributed by atoms with Crippen LogP contribution in [0.3, 0.4) is 0 Å². The molecule has 4 heteroatoms. The summed E-state index contributed by atoms with van der Waals surface area (Å²) in [5, 5.41) is 1.28. The van der Waals surface area contributed by atoms with E-state index in [-0.39, 0.29) is 18.3 Å². The molecule has 2 aliphatic rings. The molecule has 0 spiro atoms. The average Bonchev–Trinajstić information content (AvgIpc) is 3.29. The Morgan fingerprint density at radius 3 is 2.03 bits per heavy atom. The Balaban J connectivity index is 1.43. The molecule has 3 nitrogen and oxygen atoms in total. The molecule has 1 aliphatic carbocycles. The van der Waals surface area contributed by atoms with E-state index < -0.39 is 0 Å². The van der Waals surface area contributed by atoms with Gasteiger partial charge in [-0.05, 0) is 75.3 Å². The van der Waals surface area contributed by atoms with Crippen molar-refractivity contribution in [3.05, 3.63) is 95.6 Å². The molecule has 6 rings (SSSR count). The van der Waals surface area contributed by atoms with Crippen LogP contribution < -0.4 is 0 Å². The second-order valence-corrected chi connectivity index (χ2v) is 10.4. The molecule has 0 unspecified atom stereocenters. The molecular formula is C30H30BNO2. The SMILES string of the molecule is CC1(C)OB(C2=Cc3c(n(-c4ccc(-c5ccccc5)cc4)c4ccccc34)CC2)OC1(C)C. The summed E-state index contributed by atoms with van der Waals surface area (Å²) in [6.07, 6.45) is 4.21. The van der Waals surface area contributed by atoms with Crippen LogP contribution in [0.1, 0.15) is 45.4 Å². The van der Waals surface area contributed by atoms with Gasteiger partial charge in [0, 0.05) is 22.3 Å². The fourth-order valence-electron chi connectivity index (χ4n) is 5.15. The van der Waals surface area contributed by atoms with Gasteiger partial charge >= 0.3 is 7.12 Å². The van der Waals surface area contributed by atoms with Crippen molar-refractivity contribution in [3.63, 3.8) is 0 Å². The number of aromatic nitrogens is 1. The number of fused-ring (bicyclic) bond motifs is 3. The van der Waals surface area contributed by atoms with Gasteiger partial charge in [0.25, 0.3) is 0 Å². The monoisotopic (exact) mass is 447 g/mol. The molecule has 0 bridgehead atoms. The second-order valence-electron chi connectivity index (χ2n) is 10.4. The molecule has 0 saturated carbocycles. The van der Waals surface area contributed by atoms with Gasteiger partial charge < -0.3 is 13.9 Å². The summed E-state index contributed by atoms with van der Waals surface area (Å²) in [5.41, 5.74) is 8.14. The Kier molecular flexibility index (Phi) is 4.88. The summed E-state index contributed by atoms with van der Waals surface area (Å²) in [4.78, 5) is 0. The molecule has 2 heterocycles. The van der Waals surface area contributed by atoms with Gasteiger partial charge in [-0.25, -0.2) is 0 Å². The van der Waals surface area contributed by atoms with Crippen molar-refractivity contribution < 1.29 is 9.31 Å². The smallest absolute Gasteiger partial charge is 0.400 e. The summed E-state index contributed by atoms with van der Waals surface area (Å²) in [7, 11) is -0.287. The minimum absolute atomic E-state index is 0.287. The lowest BCUT2D eigenvalue weighted by molar-refractivity contribution is 0.00578. The van der Waals surface area contributed by atoms with Crippen LogP contribution in [0.4, 0.5) is 0 Å². The van der Waals surface area contributed by atoms with Crippen LogP contribution in [0, 0.1) is 0 Å². The van der Waals surface area contributed by atoms with Crippen molar-refractivity contribution in [2.75, 3.05) is 0 Å². The third kappa shape index (κ3) is 3.36. The Bertz CT molecular complexity index is 1380. The molecule has 1 aliphatic heterocycles. The maximum absolute atomic E-state index is 6.38. The average molecular weight is 447 g/mol. The van der Waals surface area contributed by atoms with Crippen LogP contribution in [0.25, 0.3) is 33.8 Å². The molecule has 170 valence electrons. The summed E-state index contributed by atoms with van der Waals surface area (Å²) < 4.78 is 15.2. The van der Waals surface area contributed by atoms with E-state index in [4.69, 9.17) is 9.31 Å². The molecule has 0 radical (unpaired) electrons. The molecule has 0 amide bonds. The molecular weight excluding hydrogens is 417 g/mol.